The van der Waals surface area contributed by atoms with Crippen LogP contribution in [0.2, 0.25) is 0 Å². The van der Waals surface area contributed by atoms with Gasteiger partial charge in [0.1, 0.15) is 0 Å². The maximum absolute atomic E-state index is 3.64. The molecule has 1 N–H and O–H groups in total. The van der Waals surface area contributed by atoms with Crippen LogP contribution in [-0.4, -0.2) is 38.1 Å². The van der Waals surface area contributed by atoms with Crippen LogP contribution in [0.1, 0.15) is 48.0 Å². The van der Waals surface area contributed by atoms with E-state index in [9.17, 15) is 0 Å². The molecule has 0 heterocycles. The molecule has 17 heavy (non-hydrogen) atoms. The van der Waals surface area contributed by atoms with Crippen LogP contribution >= 0.6 is 0 Å². The van der Waals surface area contributed by atoms with Crippen LogP contribution in [0.25, 0.3) is 0 Å². The monoisotopic (exact) mass is 242 g/mol. The zero-order valence-electron chi connectivity index (χ0n) is 13.3. The zero-order valence-corrected chi connectivity index (χ0v) is 13.3. The minimum absolute atomic E-state index is 0.401. The Hall–Kier alpha value is -0.0800. The van der Waals surface area contributed by atoms with E-state index in [1.165, 1.54) is 6.42 Å². The van der Waals surface area contributed by atoms with E-state index in [1.54, 1.807) is 0 Å². The summed E-state index contributed by atoms with van der Waals surface area (Å²) < 4.78 is 0. The Labute approximate surface area is 109 Å². The largest absolute Gasteiger partial charge is 0.315 e. The number of rotatable bonds is 7. The Bertz CT molecular complexity index is 192. The van der Waals surface area contributed by atoms with Gasteiger partial charge in [-0.05, 0) is 44.3 Å². The highest BCUT2D eigenvalue weighted by molar-refractivity contribution is 4.75. The lowest BCUT2D eigenvalue weighted by atomic mass is 9.82. The Morgan fingerprint density at radius 3 is 1.88 bits per heavy atom. The third kappa shape index (κ3) is 7.77. The van der Waals surface area contributed by atoms with E-state index in [0.717, 1.165) is 19.0 Å². The molecule has 0 aromatic heterocycles. The van der Waals surface area contributed by atoms with E-state index < -0.39 is 0 Å². The molecule has 2 heteroatoms. The van der Waals surface area contributed by atoms with Crippen molar-refractivity contribution in [1.29, 1.82) is 0 Å². The molecule has 0 bridgehead atoms. The van der Waals surface area contributed by atoms with E-state index in [4.69, 9.17) is 0 Å². The van der Waals surface area contributed by atoms with Crippen LogP contribution in [0.3, 0.4) is 0 Å². The maximum Gasteiger partial charge on any atom is 0.0216 e. The van der Waals surface area contributed by atoms with E-state index in [0.29, 0.717) is 17.4 Å². The summed E-state index contributed by atoms with van der Waals surface area (Å²) in [6.45, 7) is 16.1. The topological polar surface area (TPSA) is 15.3 Å². The molecule has 104 valence electrons. The SMILES string of the molecule is CC(C)CC(CNCC(C)C(C)(C)C)N(C)C. The lowest BCUT2D eigenvalue weighted by Crippen LogP contribution is -2.41. The van der Waals surface area contributed by atoms with Crippen molar-refractivity contribution < 1.29 is 0 Å². The minimum Gasteiger partial charge on any atom is -0.315 e. The van der Waals surface area contributed by atoms with Crippen molar-refractivity contribution in [3.63, 3.8) is 0 Å². The van der Waals surface area contributed by atoms with E-state index in [1.807, 2.05) is 0 Å². The Kier molecular flexibility index (Phi) is 7.34. The van der Waals surface area contributed by atoms with Crippen molar-refractivity contribution in [2.45, 2.75) is 54.0 Å². The molecule has 0 saturated carbocycles. The molecule has 0 aliphatic rings. The third-order valence-corrected chi connectivity index (χ3v) is 3.78. The maximum atomic E-state index is 3.64. The minimum atomic E-state index is 0.401. The fraction of sp³-hybridized carbons (Fsp3) is 1.00. The van der Waals surface area contributed by atoms with Gasteiger partial charge in [-0.2, -0.15) is 0 Å². The molecule has 0 fully saturated rings. The molecule has 0 aliphatic heterocycles. The number of nitrogens with zero attached hydrogens (tertiary/aromatic N) is 1. The Balaban J connectivity index is 3.98. The van der Waals surface area contributed by atoms with Crippen LogP contribution in [-0.2, 0) is 0 Å². The molecular weight excluding hydrogens is 208 g/mol. The summed E-state index contributed by atoms with van der Waals surface area (Å²) in [6.07, 6.45) is 1.27. The summed E-state index contributed by atoms with van der Waals surface area (Å²) in [4.78, 5) is 2.34. The van der Waals surface area contributed by atoms with Gasteiger partial charge in [-0.25, -0.2) is 0 Å². The van der Waals surface area contributed by atoms with Gasteiger partial charge >= 0.3 is 0 Å². The molecule has 0 aliphatic carbocycles. The average molecular weight is 242 g/mol. The van der Waals surface area contributed by atoms with Crippen molar-refractivity contribution in [1.82, 2.24) is 10.2 Å². The fourth-order valence-electron chi connectivity index (χ4n) is 1.79. The molecular formula is C15H34N2. The molecule has 2 nitrogen and oxygen atoms in total. The predicted octanol–water partition coefficient (Wildman–Crippen LogP) is 3.23. The van der Waals surface area contributed by atoms with Crippen LogP contribution in [0, 0.1) is 17.3 Å². The second-order valence-corrected chi connectivity index (χ2v) is 7.17. The molecule has 0 radical (unpaired) electrons. The van der Waals surface area contributed by atoms with Crippen LogP contribution < -0.4 is 5.32 Å². The summed E-state index contributed by atoms with van der Waals surface area (Å²) in [5.74, 6) is 1.48. The van der Waals surface area contributed by atoms with Gasteiger partial charge in [-0.1, -0.05) is 41.5 Å². The normalized spacial score (nSPS) is 16.6. The van der Waals surface area contributed by atoms with E-state index in [-0.39, 0.29) is 0 Å². The number of nitrogens with one attached hydrogen (secondary N) is 1. The molecule has 2 unspecified atom stereocenters. The first-order valence-corrected chi connectivity index (χ1v) is 7.01. The summed E-state index contributed by atoms with van der Waals surface area (Å²) in [6, 6.07) is 0.655. The van der Waals surface area contributed by atoms with Gasteiger partial charge in [-0.3, -0.25) is 0 Å². The Morgan fingerprint density at radius 2 is 1.53 bits per heavy atom. The molecule has 0 spiro atoms. The highest BCUT2D eigenvalue weighted by atomic mass is 15.1. The number of hydrogen-bond acceptors (Lipinski definition) is 2. The van der Waals surface area contributed by atoms with Crippen molar-refractivity contribution in [3.05, 3.63) is 0 Å². The molecule has 0 saturated heterocycles. The highest BCUT2D eigenvalue weighted by Gasteiger charge is 2.20. The summed E-state index contributed by atoms with van der Waals surface area (Å²) >= 11 is 0. The first-order chi connectivity index (χ1) is 7.64. The van der Waals surface area contributed by atoms with Crippen molar-refractivity contribution >= 4 is 0 Å². The van der Waals surface area contributed by atoms with Gasteiger partial charge in [0.2, 0.25) is 0 Å². The third-order valence-electron chi connectivity index (χ3n) is 3.78. The average Bonchev–Trinajstić information content (AvgIpc) is 2.13. The number of hydrogen-bond donors (Lipinski definition) is 1. The van der Waals surface area contributed by atoms with Crippen LogP contribution in [0.5, 0.6) is 0 Å². The molecule has 0 amide bonds. The highest BCUT2D eigenvalue weighted by Crippen LogP contribution is 2.24. The van der Waals surface area contributed by atoms with Gasteiger partial charge in [0, 0.05) is 12.6 Å². The fourth-order valence-corrected chi connectivity index (χ4v) is 1.79. The van der Waals surface area contributed by atoms with E-state index >= 15 is 0 Å². The van der Waals surface area contributed by atoms with Gasteiger partial charge < -0.3 is 10.2 Å². The number of likely N-dealkylation sites (N-methyl/N-ethyl adjacent to an activating group) is 1. The van der Waals surface area contributed by atoms with Crippen molar-refractivity contribution in [2.75, 3.05) is 27.2 Å². The molecule has 0 aromatic rings. The first kappa shape index (κ1) is 16.9. The zero-order chi connectivity index (χ0) is 13.6. The summed E-state index contributed by atoms with van der Waals surface area (Å²) in [7, 11) is 4.36. The quantitative estimate of drug-likeness (QED) is 0.737. The second kappa shape index (κ2) is 7.38. The second-order valence-electron chi connectivity index (χ2n) is 7.17. The lowest BCUT2D eigenvalue weighted by Gasteiger charge is -2.30. The lowest BCUT2D eigenvalue weighted by molar-refractivity contribution is 0.220. The summed E-state index contributed by atoms with van der Waals surface area (Å²) in [5.41, 5.74) is 0.401. The first-order valence-electron chi connectivity index (χ1n) is 7.01. The van der Waals surface area contributed by atoms with Gasteiger partial charge in [-0.15, -0.1) is 0 Å². The smallest absolute Gasteiger partial charge is 0.0216 e. The van der Waals surface area contributed by atoms with Crippen LogP contribution in [0.15, 0.2) is 0 Å². The van der Waals surface area contributed by atoms with E-state index in [2.05, 4.69) is 65.9 Å². The van der Waals surface area contributed by atoms with Crippen molar-refractivity contribution in [3.8, 4) is 0 Å². The molecule has 2 atom stereocenters. The van der Waals surface area contributed by atoms with Gasteiger partial charge in [0.25, 0.3) is 0 Å². The Morgan fingerprint density at radius 1 is 1.00 bits per heavy atom. The summed E-state index contributed by atoms with van der Waals surface area (Å²) in [5, 5.41) is 3.64. The molecule has 0 rings (SSSR count). The van der Waals surface area contributed by atoms with Crippen molar-refractivity contribution in [2.24, 2.45) is 17.3 Å². The van der Waals surface area contributed by atoms with Gasteiger partial charge in [0.15, 0.2) is 0 Å². The standard InChI is InChI=1S/C15H34N2/c1-12(2)9-14(17(7)8)11-16-10-13(3)15(4,5)6/h12-14,16H,9-11H2,1-8H3. The predicted molar refractivity (Wildman–Crippen MR) is 78.4 cm³/mol. The molecule has 0 aromatic carbocycles. The van der Waals surface area contributed by atoms with Gasteiger partial charge in [0.05, 0.1) is 0 Å². The van der Waals surface area contributed by atoms with Crippen LogP contribution in [0.4, 0.5) is 0 Å².